The maximum absolute atomic E-state index is 12.1. The molecule has 1 heterocycles. The van der Waals surface area contributed by atoms with Gasteiger partial charge in [-0.25, -0.2) is 0 Å². The fourth-order valence-corrected chi connectivity index (χ4v) is 1.49. The Hall–Kier alpha value is -2.54. The average Bonchev–Trinajstić information content (AvgIpc) is 2.90. The van der Waals surface area contributed by atoms with Crippen LogP contribution in [0, 0.1) is 11.3 Å². The molecule has 0 N–H and O–H groups in total. The van der Waals surface area contributed by atoms with E-state index in [1.807, 2.05) is 24.3 Å². The van der Waals surface area contributed by atoms with Gasteiger partial charge >= 0.3 is 0 Å². The van der Waals surface area contributed by atoms with E-state index in [0.29, 0.717) is 5.69 Å². The Labute approximate surface area is 98.7 Å². The van der Waals surface area contributed by atoms with Gasteiger partial charge in [-0.1, -0.05) is 18.2 Å². The summed E-state index contributed by atoms with van der Waals surface area (Å²) in [4.78, 5) is 13.5. The molecule has 0 bridgehead atoms. The molecule has 84 valence electrons. The molecule has 17 heavy (non-hydrogen) atoms. The summed E-state index contributed by atoms with van der Waals surface area (Å²) in [6.45, 7) is -0.0104. The van der Waals surface area contributed by atoms with Crippen LogP contribution in [0.4, 0.5) is 5.69 Å². The topological polar surface area (TPSA) is 57.2 Å². The molecular formula is C13H10N2O2. The second-order valence-corrected chi connectivity index (χ2v) is 3.36. The van der Waals surface area contributed by atoms with Gasteiger partial charge in [-0.15, -0.1) is 0 Å². The van der Waals surface area contributed by atoms with E-state index in [4.69, 9.17) is 9.68 Å². The predicted octanol–water partition coefficient (Wildman–Crippen LogP) is 2.45. The minimum atomic E-state index is -0.317. The van der Waals surface area contributed by atoms with Crippen LogP contribution in [0.25, 0.3) is 0 Å². The van der Waals surface area contributed by atoms with Gasteiger partial charge in [0.1, 0.15) is 6.54 Å². The molecule has 2 aromatic rings. The van der Waals surface area contributed by atoms with Crippen molar-refractivity contribution in [3.63, 3.8) is 0 Å². The third kappa shape index (κ3) is 2.34. The zero-order valence-corrected chi connectivity index (χ0v) is 9.04. The number of hydrogen-bond acceptors (Lipinski definition) is 3. The molecule has 0 saturated carbocycles. The van der Waals surface area contributed by atoms with Gasteiger partial charge in [-0.05, 0) is 24.3 Å². The first-order chi connectivity index (χ1) is 8.33. The highest BCUT2D eigenvalue weighted by Gasteiger charge is 2.19. The monoisotopic (exact) mass is 226 g/mol. The summed E-state index contributed by atoms with van der Waals surface area (Å²) in [5.74, 6) is -0.0909. The van der Waals surface area contributed by atoms with E-state index in [1.165, 1.54) is 11.2 Å². The molecule has 1 aromatic heterocycles. The first-order valence-corrected chi connectivity index (χ1v) is 5.10. The van der Waals surface area contributed by atoms with Gasteiger partial charge in [-0.2, -0.15) is 5.26 Å². The van der Waals surface area contributed by atoms with Gasteiger partial charge in [0.15, 0.2) is 5.76 Å². The number of amides is 1. The number of carbonyl (C=O) groups is 1. The molecule has 0 aliphatic heterocycles. The standard InChI is InChI=1S/C13H10N2O2/c14-8-9-15(11-5-2-1-3-6-11)13(16)12-7-4-10-17-12/h1-7,10H,9H2. The van der Waals surface area contributed by atoms with Crippen LogP contribution < -0.4 is 4.90 Å². The summed E-state index contributed by atoms with van der Waals surface area (Å²) < 4.78 is 5.04. The number of furan rings is 1. The lowest BCUT2D eigenvalue weighted by Gasteiger charge is -2.18. The Morgan fingerprint density at radius 1 is 1.24 bits per heavy atom. The number of rotatable bonds is 3. The fourth-order valence-electron chi connectivity index (χ4n) is 1.49. The Morgan fingerprint density at radius 2 is 2.00 bits per heavy atom. The summed E-state index contributed by atoms with van der Waals surface area (Å²) in [5.41, 5.74) is 0.676. The van der Waals surface area contributed by atoms with E-state index in [2.05, 4.69) is 0 Å². The highest BCUT2D eigenvalue weighted by atomic mass is 16.3. The van der Waals surface area contributed by atoms with Crippen LogP contribution in [0.5, 0.6) is 0 Å². The third-order valence-electron chi connectivity index (χ3n) is 2.27. The molecule has 0 fully saturated rings. The van der Waals surface area contributed by atoms with Crippen molar-refractivity contribution < 1.29 is 9.21 Å². The molecule has 1 aromatic carbocycles. The second-order valence-electron chi connectivity index (χ2n) is 3.36. The van der Waals surface area contributed by atoms with Crippen LogP contribution in [0.15, 0.2) is 53.1 Å². The van der Waals surface area contributed by atoms with Gasteiger partial charge in [0.25, 0.3) is 5.91 Å². The van der Waals surface area contributed by atoms with Crippen LogP contribution in [-0.4, -0.2) is 12.5 Å². The lowest BCUT2D eigenvalue weighted by Crippen LogP contribution is -2.30. The van der Waals surface area contributed by atoms with E-state index in [0.717, 1.165) is 0 Å². The Bertz CT molecular complexity index is 526. The van der Waals surface area contributed by atoms with Gasteiger partial charge < -0.3 is 4.42 Å². The molecule has 2 rings (SSSR count). The van der Waals surface area contributed by atoms with Crippen LogP contribution in [0.2, 0.25) is 0 Å². The molecule has 4 nitrogen and oxygen atoms in total. The molecule has 0 spiro atoms. The van der Waals surface area contributed by atoms with Crippen LogP contribution >= 0.6 is 0 Å². The number of hydrogen-bond donors (Lipinski definition) is 0. The summed E-state index contributed by atoms with van der Waals surface area (Å²) in [6.07, 6.45) is 1.43. The van der Waals surface area contributed by atoms with Crippen molar-refractivity contribution in [2.45, 2.75) is 0 Å². The van der Waals surface area contributed by atoms with E-state index in [1.54, 1.807) is 24.3 Å². The van der Waals surface area contributed by atoms with Gasteiger partial charge in [0.2, 0.25) is 0 Å². The van der Waals surface area contributed by atoms with Crippen LogP contribution in [0.1, 0.15) is 10.6 Å². The number of nitrogens with zero attached hydrogens (tertiary/aromatic N) is 2. The van der Waals surface area contributed by atoms with Crippen molar-refractivity contribution >= 4 is 11.6 Å². The number of para-hydroxylation sites is 1. The lowest BCUT2D eigenvalue weighted by molar-refractivity contribution is 0.0963. The minimum Gasteiger partial charge on any atom is -0.459 e. The molecule has 0 atom stereocenters. The van der Waals surface area contributed by atoms with Gasteiger partial charge in [0, 0.05) is 5.69 Å². The first-order valence-electron chi connectivity index (χ1n) is 5.10. The van der Waals surface area contributed by atoms with Gasteiger partial charge in [-0.3, -0.25) is 9.69 Å². The van der Waals surface area contributed by atoms with Crippen LogP contribution in [0.3, 0.4) is 0 Å². The summed E-state index contributed by atoms with van der Waals surface area (Å²) in [6, 6.07) is 14.2. The molecule has 1 amide bonds. The number of benzene rings is 1. The predicted molar refractivity (Wildman–Crippen MR) is 62.4 cm³/mol. The van der Waals surface area contributed by atoms with Gasteiger partial charge in [0.05, 0.1) is 12.3 Å². The number of nitriles is 1. The van der Waals surface area contributed by atoms with Crippen molar-refractivity contribution in [3.8, 4) is 6.07 Å². The fraction of sp³-hybridized carbons (Fsp3) is 0.0769. The smallest absolute Gasteiger partial charge is 0.294 e. The van der Waals surface area contributed by atoms with E-state index >= 15 is 0 Å². The molecule has 0 radical (unpaired) electrons. The molecule has 0 unspecified atom stereocenters. The third-order valence-corrected chi connectivity index (χ3v) is 2.27. The number of anilines is 1. The van der Waals surface area contributed by atoms with Crippen molar-refractivity contribution in [1.29, 1.82) is 5.26 Å². The number of carbonyl (C=O) groups excluding carboxylic acids is 1. The average molecular weight is 226 g/mol. The highest BCUT2D eigenvalue weighted by Crippen LogP contribution is 2.16. The molecule has 4 heteroatoms. The quantitative estimate of drug-likeness (QED) is 0.755. The molecule has 0 aliphatic rings. The molecule has 0 aliphatic carbocycles. The SMILES string of the molecule is N#CCN(C(=O)c1ccco1)c1ccccc1. The van der Waals surface area contributed by atoms with Crippen molar-refractivity contribution in [2.75, 3.05) is 11.4 Å². The maximum atomic E-state index is 12.1. The zero-order chi connectivity index (χ0) is 12.1. The largest absolute Gasteiger partial charge is 0.459 e. The van der Waals surface area contributed by atoms with Crippen LogP contribution in [-0.2, 0) is 0 Å². The minimum absolute atomic E-state index is 0.0104. The maximum Gasteiger partial charge on any atom is 0.294 e. The summed E-state index contributed by atoms with van der Waals surface area (Å²) in [5, 5.41) is 8.77. The second kappa shape index (κ2) is 4.99. The normalized spacial score (nSPS) is 9.59. The molecule has 0 saturated heterocycles. The summed E-state index contributed by atoms with van der Waals surface area (Å²) >= 11 is 0. The Morgan fingerprint density at radius 3 is 2.59 bits per heavy atom. The Balaban J connectivity index is 2.31. The highest BCUT2D eigenvalue weighted by molar-refractivity contribution is 6.04. The lowest BCUT2D eigenvalue weighted by atomic mass is 10.2. The summed E-state index contributed by atoms with van der Waals surface area (Å²) in [7, 11) is 0. The Kier molecular flexibility index (Phi) is 3.22. The van der Waals surface area contributed by atoms with E-state index < -0.39 is 0 Å². The van der Waals surface area contributed by atoms with E-state index in [-0.39, 0.29) is 18.2 Å². The zero-order valence-electron chi connectivity index (χ0n) is 9.04. The molecular weight excluding hydrogens is 216 g/mol. The first kappa shape index (κ1) is 11.0. The van der Waals surface area contributed by atoms with Crippen molar-refractivity contribution in [1.82, 2.24) is 0 Å². The van der Waals surface area contributed by atoms with E-state index in [9.17, 15) is 4.79 Å². The van der Waals surface area contributed by atoms with Crippen molar-refractivity contribution in [2.24, 2.45) is 0 Å². The van der Waals surface area contributed by atoms with Crippen molar-refractivity contribution in [3.05, 3.63) is 54.5 Å².